The number of rotatable bonds is 5. The van der Waals surface area contributed by atoms with Crippen LogP contribution >= 0.6 is 0 Å². The molecule has 1 heterocycles. The third kappa shape index (κ3) is 3.71. The number of nitrogens with one attached hydrogen (secondary N) is 2. The summed E-state index contributed by atoms with van der Waals surface area (Å²) in [6.07, 6.45) is 11.5. The van der Waals surface area contributed by atoms with Gasteiger partial charge in [0.25, 0.3) is 0 Å². The number of phenolic OH excluding ortho intramolecular Hbond substituents is 1. The topological polar surface area (TPSA) is 65.9 Å². The minimum atomic E-state index is 0.0600. The molecule has 0 saturated heterocycles. The molecule has 25 heavy (non-hydrogen) atoms. The Morgan fingerprint density at radius 2 is 2.20 bits per heavy atom. The third-order valence-corrected chi connectivity index (χ3v) is 4.91. The molecule has 132 valence electrons. The molecule has 1 unspecified atom stereocenters. The molecule has 0 fully saturated rings. The zero-order valence-electron chi connectivity index (χ0n) is 14.9. The number of aromatic hydroxyl groups is 1. The second-order valence-corrected chi connectivity index (χ2v) is 6.72. The summed E-state index contributed by atoms with van der Waals surface area (Å²) < 4.78 is 5.19. The molecule has 0 saturated carbocycles. The molecule has 1 aliphatic heterocycles. The molecule has 0 radical (unpaired) electrons. The van der Waals surface area contributed by atoms with Crippen molar-refractivity contribution in [3.63, 3.8) is 0 Å². The van der Waals surface area contributed by atoms with E-state index in [0.717, 1.165) is 23.5 Å². The number of hydrogen-bond acceptors (Lipinski definition) is 5. The molecule has 0 bridgehead atoms. The molecule has 2 aliphatic rings. The van der Waals surface area contributed by atoms with Gasteiger partial charge in [0, 0.05) is 23.2 Å². The number of methoxy groups -OCH3 is 1. The minimum Gasteiger partial charge on any atom is -0.504 e. The number of ether oxygens (including phenoxy) is 1. The standard InChI is InChI=1S/C20H25N3O2/c1-14(20(2)9-5-4-6-10-20)22-19-13-21-12-16(23-19)15-7-8-17(24)18(11-15)25-3/h4-9,11,13-14,21-22,24H,10,12H2,1-3H3/t14-,20?/m0/s1. The van der Waals surface area contributed by atoms with Gasteiger partial charge in [-0.3, -0.25) is 0 Å². The maximum absolute atomic E-state index is 9.76. The first-order chi connectivity index (χ1) is 12.0. The van der Waals surface area contributed by atoms with E-state index in [-0.39, 0.29) is 17.2 Å². The predicted molar refractivity (Wildman–Crippen MR) is 101 cm³/mol. The van der Waals surface area contributed by atoms with Gasteiger partial charge in [0.05, 0.1) is 19.4 Å². The fourth-order valence-corrected chi connectivity index (χ4v) is 3.01. The van der Waals surface area contributed by atoms with Crippen molar-refractivity contribution in [1.82, 2.24) is 10.6 Å². The molecule has 1 aromatic rings. The Morgan fingerprint density at radius 3 is 2.92 bits per heavy atom. The van der Waals surface area contributed by atoms with Gasteiger partial charge in [-0.05, 0) is 31.5 Å². The molecular formula is C20H25N3O2. The van der Waals surface area contributed by atoms with Crippen LogP contribution in [0.25, 0.3) is 0 Å². The van der Waals surface area contributed by atoms with Crippen LogP contribution in [0.1, 0.15) is 25.8 Å². The van der Waals surface area contributed by atoms with Crippen molar-refractivity contribution in [2.45, 2.75) is 26.3 Å². The maximum atomic E-state index is 9.76. The number of hydrogen-bond donors (Lipinski definition) is 3. The molecule has 0 aromatic heterocycles. The lowest BCUT2D eigenvalue weighted by atomic mass is 9.77. The van der Waals surface area contributed by atoms with E-state index in [1.54, 1.807) is 19.2 Å². The van der Waals surface area contributed by atoms with E-state index in [0.29, 0.717) is 12.3 Å². The Bertz CT molecular complexity index is 764. The van der Waals surface area contributed by atoms with Crippen LogP contribution in [0.5, 0.6) is 11.5 Å². The van der Waals surface area contributed by atoms with E-state index in [9.17, 15) is 5.11 Å². The third-order valence-electron chi connectivity index (χ3n) is 4.91. The number of benzene rings is 1. The van der Waals surface area contributed by atoms with E-state index in [1.807, 2.05) is 12.3 Å². The molecule has 3 N–H and O–H groups in total. The van der Waals surface area contributed by atoms with E-state index >= 15 is 0 Å². The molecule has 5 heteroatoms. The number of phenols is 1. The summed E-state index contributed by atoms with van der Waals surface area (Å²) in [7, 11) is 1.54. The summed E-state index contributed by atoms with van der Waals surface area (Å²) in [5.41, 5.74) is 1.89. The Kier molecular flexibility index (Phi) is 4.83. The van der Waals surface area contributed by atoms with Crippen LogP contribution in [-0.2, 0) is 0 Å². The van der Waals surface area contributed by atoms with Crippen LogP contribution in [0.15, 0.2) is 59.5 Å². The van der Waals surface area contributed by atoms with Gasteiger partial charge in [-0.15, -0.1) is 0 Å². The highest BCUT2D eigenvalue weighted by atomic mass is 16.5. The molecule has 1 aliphatic carbocycles. The van der Waals surface area contributed by atoms with Crippen LogP contribution in [0, 0.1) is 5.41 Å². The zero-order valence-corrected chi connectivity index (χ0v) is 14.9. The number of allylic oxidation sites excluding steroid dienone is 3. The van der Waals surface area contributed by atoms with Gasteiger partial charge >= 0.3 is 0 Å². The monoisotopic (exact) mass is 339 g/mol. The zero-order chi connectivity index (χ0) is 17.9. The Balaban J connectivity index is 1.77. The number of nitrogens with zero attached hydrogens (tertiary/aromatic N) is 1. The van der Waals surface area contributed by atoms with Gasteiger partial charge in [-0.1, -0.05) is 31.2 Å². The summed E-state index contributed by atoms with van der Waals surface area (Å²) in [4.78, 5) is 4.75. The molecular weight excluding hydrogens is 314 g/mol. The van der Waals surface area contributed by atoms with Crippen molar-refractivity contribution < 1.29 is 9.84 Å². The van der Waals surface area contributed by atoms with E-state index < -0.39 is 0 Å². The van der Waals surface area contributed by atoms with Gasteiger partial charge in [-0.25, -0.2) is 4.99 Å². The lowest BCUT2D eigenvalue weighted by Gasteiger charge is -2.35. The van der Waals surface area contributed by atoms with Gasteiger partial charge in [-0.2, -0.15) is 0 Å². The van der Waals surface area contributed by atoms with Crippen LogP contribution in [0.3, 0.4) is 0 Å². The largest absolute Gasteiger partial charge is 0.504 e. The minimum absolute atomic E-state index is 0.0600. The normalized spacial score (nSPS) is 23.3. The summed E-state index contributed by atoms with van der Waals surface area (Å²) in [6.45, 7) is 5.06. The maximum Gasteiger partial charge on any atom is 0.161 e. The second-order valence-electron chi connectivity index (χ2n) is 6.72. The first-order valence-electron chi connectivity index (χ1n) is 8.51. The SMILES string of the molecule is COc1cc(C2=NC(N[C@@H](C)C3(C)C=CC=CC3)=CNC2)ccc1O. The van der Waals surface area contributed by atoms with Gasteiger partial charge in [0.15, 0.2) is 11.5 Å². The highest BCUT2D eigenvalue weighted by Crippen LogP contribution is 2.32. The van der Waals surface area contributed by atoms with Gasteiger partial charge in [0.1, 0.15) is 5.82 Å². The Morgan fingerprint density at radius 1 is 1.36 bits per heavy atom. The quantitative estimate of drug-likeness (QED) is 0.771. The number of aliphatic imine (C=N–C) groups is 1. The van der Waals surface area contributed by atoms with Crippen LogP contribution < -0.4 is 15.4 Å². The summed E-state index contributed by atoms with van der Waals surface area (Å²) in [6, 6.07) is 5.52. The van der Waals surface area contributed by atoms with Crippen molar-refractivity contribution >= 4 is 5.71 Å². The fraction of sp³-hybridized carbons (Fsp3) is 0.350. The van der Waals surface area contributed by atoms with Crippen molar-refractivity contribution in [2.24, 2.45) is 10.4 Å². The van der Waals surface area contributed by atoms with Crippen molar-refractivity contribution in [2.75, 3.05) is 13.7 Å². The molecule has 3 rings (SSSR count). The second kappa shape index (κ2) is 7.05. The van der Waals surface area contributed by atoms with E-state index in [4.69, 9.17) is 9.73 Å². The first kappa shape index (κ1) is 17.1. The van der Waals surface area contributed by atoms with Crippen LogP contribution in [0.2, 0.25) is 0 Å². The van der Waals surface area contributed by atoms with E-state index in [1.165, 1.54) is 0 Å². The Labute approximate surface area is 148 Å². The average molecular weight is 339 g/mol. The molecule has 0 amide bonds. The highest BCUT2D eigenvalue weighted by molar-refractivity contribution is 6.03. The van der Waals surface area contributed by atoms with Crippen LogP contribution in [-0.4, -0.2) is 30.5 Å². The lowest BCUT2D eigenvalue weighted by Crippen LogP contribution is -2.41. The van der Waals surface area contributed by atoms with Gasteiger partial charge < -0.3 is 20.5 Å². The molecule has 5 nitrogen and oxygen atoms in total. The van der Waals surface area contributed by atoms with Crippen molar-refractivity contribution in [1.29, 1.82) is 0 Å². The fourth-order valence-electron chi connectivity index (χ4n) is 3.01. The summed E-state index contributed by atoms with van der Waals surface area (Å²) >= 11 is 0. The van der Waals surface area contributed by atoms with E-state index in [2.05, 4.69) is 48.8 Å². The first-order valence-corrected chi connectivity index (χ1v) is 8.51. The average Bonchev–Trinajstić information content (AvgIpc) is 2.63. The molecule has 2 atom stereocenters. The smallest absolute Gasteiger partial charge is 0.161 e. The van der Waals surface area contributed by atoms with Gasteiger partial charge in [0.2, 0.25) is 0 Å². The summed E-state index contributed by atoms with van der Waals surface area (Å²) in [5.74, 6) is 1.39. The summed E-state index contributed by atoms with van der Waals surface area (Å²) in [5, 5.41) is 16.5. The lowest BCUT2D eigenvalue weighted by molar-refractivity contribution is 0.316. The van der Waals surface area contributed by atoms with Crippen molar-refractivity contribution in [3.8, 4) is 11.5 Å². The highest BCUT2D eigenvalue weighted by Gasteiger charge is 2.29. The Hall–Kier alpha value is -2.69. The molecule has 1 aromatic carbocycles. The van der Waals surface area contributed by atoms with Crippen LogP contribution in [0.4, 0.5) is 0 Å². The van der Waals surface area contributed by atoms with Crippen molar-refractivity contribution in [3.05, 3.63) is 60.1 Å². The predicted octanol–water partition coefficient (Wildman–Crippen LogP) is 3.09. The molecule has 0 spiro atoms.